The van der Waals surface area contributed by atoms with Crippen LogP contribution in [0.3, 0.4) is 0 Å². The van der Waals surface area contributed by atoms with Crippen molar-refractivity contribution in [3.8, 4) is 5.75 Å². The van der Waals surface area contributed by atoms with Gasteiger partial charge in [0.15, 0.2) is 0 Å². The predicted molar refractivity (Wildman–Crippen MR) is 135 cm³/mol. The highest BCUT2D eigenvalue weighted by molar-refractivity contribution is 6.01. The number of amides is 2. The highest BCUT2D eigenvalue weighted by Crippen LogP contribution is 2.25. The molecule has 2 aromatic rings. The number of benzene rings is 2. The molecule has 0 aliphatic carbocycles. The Morgan fingerprint density at radius 2 is 1.66 bits per heavy atom. The summed E-state index contributed by atoms with van der Waals surface area (Å²) >= 11 is 0. The molecule has 1 fully saturated rings. The van der Waals surface area contributed by atoms with Crippen molar-refractivity contribution in [1.82, 2.24) is 9.80 Å². The van der Waals surface area contributed by atoms with Crippen molar-refractivity contribution in [3.05, 3.63) is 53.6 Å². The third-order valence-corrected chi connectivity index (χ3v) is 6.24. The largest absolute Gasteiger partial charge is 0.497 e. The maximum atomic E-state index is 12.5. The summed E-state index contributed by atoms with van der Waals surface area (Å²) in [4.78, 5) is 42.9. The first-order valence-electron chi connectivity index (χ1n) is 11.9. The van der Waals surface area contributed by atoms with Crippen LogP contribution in [0.15, 0.2) is 42.5 Å². The number of hydrogen-bond acceptors (Lipinski definition) is 6. The molecule has 1 aliphatic rings. The summed E-state index contributed by atoms with van der Waals surface area (Å²) in [6.45, 7) is 8.57. The van der Waals surface area contributed by atoms with Crippen molar-refractivity contribution in [2.45, 2.75) is 20.3 Å². The van der Waals surface area contributed by atoms with Crippen LogP contribution in [-0.4, -0.2) is 85.6 Å². The summed E-state index contributed by atoms with van der Waals surface area (Å²) in [7, 11) is 1.58. The Labute approximate surface area is 206 Å². The summed E-state index contributed by atoms with van der Waals surface area (Å²) in [5.41, 5.74) is 1.90. The smallest absolute Gasteiger partial charge is 0.337 e. The molecule has 0 bridgehead atoms. The first-order chi connectivity index (χ1) is 16.8. The number of hydrogen-bond donors (Lipinski definition) is 2. The second kappa shape index (κ2) is 12.2. The standard InChI is InChI=1S/C26H34N4O5/c1-4-29(5-2)25(32)18-28-12-14-30(15-13-28)20-8-11-23(22(17-20)26(33)34)27-24(31)16-19-6-9-21(35-3)10-7-19/h6-11,17H,4-5,12-16,18H2,1-3H3,(H,27,31)(H,33,34). The van der Waals surface area contributed by atoms with Gasteiger partial charge in [-0.15, -0.1) is 0 Å². The Balaban J connectivity index is 1.61. The summed E-state index contributed by atoms with van der Waals surface area (Å²) in [5.74, 6) is -0.562. The molecule has 0 radical (unpaired) electrons. The molecule has 188 valence electrons. The van der Waals surface area contributed by atoms with E-state index in [9.17, 15) is 19.5 Å². The molecule has 0 aromatic heterocycles. The molecule has 0 atom stereocenters. The highest BCUT2D eigenvalue weighted by atomic mass is 16.5. The zero-order chi connectivity index (χ0) is 25.4. The van der Waals surface area contributed by atoms with Crippen molar-refractivity contribution >= 4 is 29.2 Å². The summed E-state index contributed by atoms with van der Waals surface area (Å²) in [6, 6.07) is 12.2. The first kappa shape index (κ1) is 26.0. The number of piperazine rings is 1. The predicted octanol–water partition coefficient (Wildman–Crippen LogP) is 2.56. The molecule has 1 heterocycles. The molecule has 35 heavy (non-hydrogen) atoms. The molecule has 9 heteroatoms. The number of anilines is 2. The minimum absolute atomic E-state index is 0.0460. The molecule has 9 nitrogen and oxygen atoms in total. The number of carboxylic acid groups (broad SMARTS) is 1. The lowest BCUT2D eigenvalue weighted by Gasteiger charge is -2.36. The fraction of sp³-hybridized carbons (Fsp3) is 0.423. The third-order valence-electron chi connectivity index (χ3n) is 6.24. The minimum atomic E-state index is -1.10. The molecule has 0 spiro atoms. The average Bonchev–Trinajstić information content (AvgIpc) is 2.86. The quantitative estimate of drug-likeness (QED) is 0.537. The monoisotopic (exact) mass is 482 g/mol. The van der Waals surface area contributed by atoms with E-state index in [1.54, 1.807) is 43.5 Å². The Bertz CT molecular complexity index is 1030. The molecular weight excluding hydrogens is 448 g/mol. The van der Waals surface area contributed by atoms with Gasteiger partial charge in [-0.05, 0) is 49.7 Å². The number of aromatic carboxylic acids is 1. The molecule has 3 rings (SSSR count). The molecule has 2 N–H and O–H groups in total. The molecule has 0 unspecified atom stereocenters. The van der Waals surface area contributed by atoms with Gasteiger partial charge in [0.25, 0.3) is 0 Å². The second-order valence-corrected chi connectivity index (χ2v) is 8.44. The van der Waals surface area contributed by atoms with Crippen LogP contribution in [0.5, 0.6) is 5.75 Å². The molecule has 0 saturated carbocycles. The number of methoxy groups -OCH3 is 1. The number of ether oxygens (including phenoxy) is 1. The van der Waals surface area contributed by atoms with Crippen LogP contribution in [0.1, 0.15) is 29.8 Å². The SMILES string of the molecule is CCN(CC)C(=O)CN1CCN(c2ccc(NC(=O)Cc3ccc(OC)cc3)c(C(=O)O)c2)CC1. The van der Waals surface area contributed by atoms with Crippen molar-refractivity contribution in [2.24, 2.45) is 0 Å². The van der Waals surface area contributed by atoms with Crippen LogP contribution >= 0.6 is 0 Å². The van der Waals surface area contributed by atoms with E-state index in [1.165, 1.54) is 0 Å². The summed E-state index contributed by atoms with van der Waals surface area (Å²) in [5, 5.41) is 12.5. The Kier molecular flexibility index (Phi) is 9.08. The summed E-state index contributed by atoms with van der Waals surface area (Å²) < 4.78 is 5.13. The van der Waals surface area contributed by atoms with Gasteiger partial charge in [-0.25, -0.2) is 4.79 Å². The van der Waals surface area contributed by atoms with E-state index in [1.807, 2.05) is 24.8 Å². The fourth-order valence-corrected chi connectivity index (χ4v) is 4.17. The van der Waals surface area contributed by atoms with Crippen molar-refractivity contribution in [2.75, 3.05) is 63.1 Å². The van der Waals surface area contributed by atoms with Gasteiger partial charge in [0, 0.05) is 45.0 Å². The molecule has 1 saturated heterocycles. The van der Waals surface area contributed by atoms with Crippen molar-refractivity contribution in [3.63, 3.8) is 0 Å². The lowest BCUT2D eigenvalue weighted by molar-refractivity contribution is -0.132. The third kappa shape index (κ3) is 6.95. The lowest BCUT2D eigenvalue weighted by atomic mass is 10.1. The van der Waals surface area contributed by atoms with Crippen molar-refractivity contribution in [1.29, 1.82) is 0 Å². The number of likely N-dealkylation sites (N-methyl/N-ethyl adjacent to an activating group) is 1. The zero-order valence-electron chi connectivity index (χ0n) is 20.6. The van der Waals surface area contributed by atoms with Gasteiger partial charge in [0.2, 0.25) is 11.8 Å². The van der Waals surface area contributed by atoms with Crippen LogP contribution in [-0.2, 0) is 16.0 Å². The van der Waals surface area contributed by atoms with Crippen molar-refractivity contribution < 1.29 is 24.2 Å². The minimum Gasteiger partial charge on any atom is -0.497 e. The van der Waals surface area contributed by atoms with Gasteiger partial charge in [-0.1, -0.05) is 12.1 Å². The second-order valence-electron chi connectivity index (χ2n) is 8.44. The van der Waals surface area contributed by atoms with Gasteiger partial charge < -0.3 is 25.0 Å². The maximum absolute atomic E-state index is 12.5. The average molecular weight is 483 g/mol. The zero-order valence-corrected chi connectivity index (χ0v) is 20.6. The van der Waals surface area contributed by atoms with Gasteiger partial charge in [0.05, 0.1) is 31.3 Å². The maximum Gasteiger partial charge on any atom is 0.337 e. The normalized spacial score (nSPS) is 13.9. The van der Waals surface area contributed by atoms with E-state index in [4.69, 9.17) is 4.74 Å². The Morgan fingerprint density at radius 1 is 1.00 bits per heavy atom. The fourth-order valence-electron chi connectivity index (χ4n) is 4.17. The topological polar surface area (TPSA) is 102 Å². The van der Waals surface area contributed by atoms with Gasteiger partial charge in [-0.3, -0.25) is 14.5 Å². The molecule has 2 aromatic carbocycles. The van der Waals surface area contributed by atoms with E-state index < -0.39 is 5.97 Å². The van der Waals surface area contributed by atoms with E-state index in [-0.39, 0.29) is 29.5 Å². The summed E-state index contributed by atoms with van der Waals surface area (Å²) in [6.07, 6.45) is 0.124. The number of nitrogens with one attached hydrogen (secondary N) is 1. The molecule has 2 amide bonds. The number of carbonyl (C=O) groups is 3. The number of rotatable bonds is 10. The number of carbonyl (C=O) groups excluding carboxylic acids is 2. The van der Waals surface area contributed by atoms with Crippen LogP contribution in [0, 0.1) is 0 Å². The van der Waals surface area contributed by atoms with Gasteiger partial charge in [0.1, 0.15) is 5.75 Å². The molecule has 1 aliphatic heterocycles. The number of carboxylic acids is 1. The van der Waals surface area contributed by atoms with Gasteiger partial charge in [-0.2, -0.15) is 0 Å². The van der Waals surface area contributed by atoms with E-state index in [0.29, 0.717) is 38.5 Å². The van der Waals surface area contributed by atoms with Crippen LogP contribution in [0.2, 0.25) is 0 Å². The van der Waals surface area contributed by atoms with Crippen LogP contribution in [0.25, 0.3) is 0 Å². The van der Waals surface area contributed by atoms with Gasteiger partial charge >= 0.3 is 5.97 Å². The van der Waals surface area contributed by atoms with Crippen LogP contribution in [0.4, 0.5) is 11.4 Å². The van der Waals surface area contributed by atoms with E-state index in [2.05, 4.69) is 15.1 Å². The highest BCUT2D eigenvalue weighted by Gasteiger charge is 2.22. The first-order valence-corrected chi connectivity index (χ1v) is 11.9. The lowest BCUT2D eigenvalue weighted by Crippen LogP contribution is -2.50. The van der Waals surface area contributed by atoms with Crippen LogP contribution < -0.4 is 15.0 Å². The Morgan fingerprint density at radius 3 is 2.23 bits per heavy atom. The van der Waals surface area contributed by atoms with E-state index in [0.717, 1.165) is 24.3 Å². The molecular formula is C26H34N4O5. The Hall–Kier alpha value is -3.59. The van der Waals surface area contributed by atoms with E-state index >= 15 is 0 Å². The number of nitrogens with zero attached hydrogens (tertiary/aromatic N) is 3.